The largest absolute Gasteiger partial charge is 0.490 e. The monoisotopic (exact) mass is 555 g/mol. The summed E-state index contributed by atoms with van der Waals surface area (Å²) in [7, 11) is 0. The average molecular weight is 556 g/mol. The molecule has 0 radical (unpaired) electrons. The molecule has 1 atom stereocenters. The third-order valence-electron chi connectivity index (χ3n) is 6.71. The second-order valence-electron chi connectivity index (χ2n) is 9.47. The Bertz CT molecular complexity index is 1310. The maximum Gasteiger partial charge on any atom is 0.300 e. The first-order valence-electron chi connectivity index (χ1n) is 12.8. The molecule has 3 aromatic rings. The van der Waals surface area contributed by atoms with E-state index < -0.39 is 5.97 Å². The number of carboxylic acids is 1. The first kappa shape index (κ1) is 28.3. The number of benzene rings is 2. The molecular weight excluding hydrogens is 521 g/mol. The van der Waals surface area contributed by atoms with Gasteiger partial charge in [0.25, 0.3) is 5.97 Å². The van der Waals surface area contributed by atoms with E-state index in [0.717, 1.165) is 60.8 Å². The Balaban J connectivity index is 0.000000786. The number of hydrogen-bond acceptors (Lipinski definition) is 6. The molecule has 1 unspecified atom stereocenters. The number of carbonyl (C=O) groups is 1. The highest BCUT2D eigenvalue weighted by Crippen LogP contribution is 2.43. The van der Waals surface area contributed by atoms with Gasteiger partial charge in [0.05, 0.1) is 6.61 Å². The van der Waals surface area contributed by atoms with Gasteiger partial charge < -0.3 is 14.6 Å². The normalized spacial score (nSPS) is 15.3. The van der Waals surface area contributed by atoms with Crippen LogP contribution in [0.3, 0.4) is 0 Å². The van der Waals surface area contributed by atoms with E-state index in [1.165, 1.54) is 21.6 Å². The summed E-state index contributed by atoms with van der Waals surface area (Å²) in [5.41, 5.74) is 7.51. The minimum absolute atomic E-state index is 0.0311. The van der Waals surface area contributed by atoms with Gasteiger partial charge in [-0.05, 0) is 96.5 Å². The Hall–Kier alpha value is -2.71. The number of aromatic nitrogens is 1. The van der Waals surface area contributed by atoms with Crippen molar-refractivity contribution in [3.05, 3.63) is 70.2 Å². The number of carboxylic acid groups (broad SMARTS) is 1. The minimum Gasteiger partial charge on any atom is -0.490 e. The van der Waals surface area contributed by atoms with Crippen LogP contribution in [0.4, 0.5) is 4.39 Å². The van der Waals surface area contributed by atoms with E-state index in [2.05, 4.69) is 35.5 Å². The Labute approximate surface area is 232 Å². The Morgan fingerprint density at radius 3 is 2.82 bits per heavy atom. The first-order valence-corrected chi connectivity index (χ1v) is 15.2. The van der Waals surface area contributed by atoms with Gasteiger partial charge in [0, 0.05) is 29.8 Å². The number of halogens is 1. The van der Waals surface area contributed by atoms with Gasteiger partial charge in [-0.25, -0.2) is 9.37 Å². The van der Waals surface area contributed by atoms with Gasteiger partial charge in [0.2, 0.25) is 5.88 Å². The zero-order valence-corrected chi connectivity index (χ0v) is 23.9. The summed E-state index contributed by atoms with van der Waals surface area (Å²) >= 11 is 3.65. The molecule has 5 rings (SSSR count). The number of aliphatic carboxylic acids is 1. The molecule has 5 nitrogen and oxygen atoms in total. The van der Waals surface area contributed by atoms with E-state index in [-0.39, 0.29) is 11.9 Å². The van der Waals surface area contributed by atoms with E-state index in [4.69, 9.17) is 19.4 Å². The number of aryl methyl sites for hydroxylation is 2. The highest BCUT2D eigenvalue weighted by Gasteiger charge is 2.29. The van der Waals surface area contributed by atoms with Gasteiger partial charge in [-0.1, -0.05) is 18.2 Å². The number of hydrogen-bond donors (Lipinski definition) is 1. The fourth-order valence-electron chi connectivity index (χ4n) is 5.05. The summed E-state index contributed by atoms with van der Waals surface area (Å²) in [5.74, 6) is 2.09. The number of ether oxygens (including phenoxy) is 2. The lowest BCUT2D eigenvalue weighted by molar-refractivity contribution is -0.134. The van der Waals surface area contributed by atoms with Gasteiger partial charge in [-0.15, -0.1) is 11.8 Å². The van der Waals surface area contributed by atoms with Crippen molar-refractivity contribution >= 4 is 29.5 Å². The number of nitrogens with zero attached hydrogens (tertiary/aromatic N) is 1. The molecule has 2 aromatic carbocycles. The molecule has 0 spiro atoms. The molecule has 2 heterocycles. The minimum atomic E-state index is -0.833. The van der Waals surface area contributed by atoms with Crippen LogP contribution in [0.1, 0.15) is 53.7 Å². The smallest absolute Gasteiger partial charge is 0.300 e. The third-order valence-corrected chi connectivity index (χ3v) is 8.50. The van der Waals surface area contributed by atoms with Gasteiger partial charge in [0.1, 0.15) is 6.10 Å². The SMILES string of the molecule is CC(=O)O.CSCCCOc1cc(C)c(-c2cccc3c2CCC3Oc2cc3c(cn2)CCS3)c(C)c1F. The number of pyridine rings is 1. The molecule has 0 saturated heterocycles. The van der Waals surface area contributed by atoms with Crippen molar-refractivity contribution < 1.29 is 23.8 Å². The Kier molecular flexibility index (Phi) is 9.60. The van der Waals surface area contributed by atoms with Crippen LogP contribution in [-0.4, -0.2) is 40.4 Å². The van der Waals surface area contributed by atoms with Crippen LogP contribution in [0.25, 0.3) is 11.1 Å². The summed E-state index contributed by atoms with van der Waals surface area (Å²) in [6, 6.07) is 10.2. The molecule has 1 aliphatic heterocycles. The Morgan fingerprint density at radius 2 is 2.05 bits per heavy atom. The lowest BCUT2D eigenvalue weighted by Gasteiger charge is -2.19. The maximum absolute atomic E-state index is 15.3. The predicted octanol–water partition coefficient (Wildman–Crippen LogP) is 7.44. The summed E-state index contributed by atoms with van der Waals surface area (Å²) in [6.45, 7) is 5.52. The summed E-state index contributed by atoms with van der Waals surface area (Å²) in [4.78, 5) is 14.8. The van der Waals surface area contributed by atoms with Crippen molar-refractivity contribution in [2.24, 2.45) is 0 Å². The van der Waals surface area contributed by atoms with Crippen LogP contribution < -0.4 is 9.47 Å². The average Bonchev–Trinajstić information content (AvgIpc) is 3.52. The van der Waals surface area contributed by atoms with Crippen molar-refractivity contribution in [1.29, 1.82) is 0 Å². The molecule has 1 N–H and O–H groups in total. The van der Waals surface area contributed by atoms with Crippen LogP contribution in [-0.2, 0) is 17.6 Å². The van der Waals surface area contributed by atoms with Crippen LogP contribution in [0.2, 0.25) is 0 Å². The fraction of sp³-hybridized carbons (Fsp3) is 0.400. The number of thioether (sulfide) groups is 2. The van der Waals surface area contributed by atoms with Gasteiger partial charge in [0.15, 0.2) is 11.6 Å². The number of fused-ring (bicyclic) bond motifs is 2. The van der Waals surface area contributed by atoms with Crippen LogP contribution in [0.5, 0.6) is 11.6 Å². The number of rotatable bonds is 8. The molecule has 0 fully saturated rings. The van der Waals surface area contributed by atoms with E-state index in [1.54, 1.807) is 11.8 Å². The fourth-order valence-corrected chi connectivity index (χ4v) is 6.52. The van der Waals surface area contributed by atoms with Crippen LogP contribution >= 0.6 is 23.5 Å². The Morgan fingerprint density at radius 1 is 1.26 bits per heavy atom. The van der Waals surface area contributed by atoms with Crippen LogP contribution in [0.15, 0.2) is 41.4 Å². The summed E-state index contributed by atoms with van der Waals surface area (Å²) < 4.78 is 27.4. The van der Waals surface area contributed by atoms with E-state index in [0.29, 0.717) is 23.8 Å². The molecule has 38 heavy (non-hydrogen) atoms. The highest BCUT2D eigenvalue weighted by molar-refractivity contribution is 7.99. The van der Waals surface area contributed by atoms with E-state index in [9.17, 15) is 0 Å². The van der Waals surface area contributed by atoms with Crippen molar-refractivity contribution in [2.45, 2.75) is 57.5 Å². The van der Waals surface area contributed by atoms with Gasteiger partial charge >= 0.3 is 0 Å². The lowest BCUT2D eigenvalue weighted by atomic mass is 9.90. The van der Waals surface area contributed by atoms with E-state index in [1.807, 2.05) is 37.9 Å². The summed E-state index contributed by atoms with van der Waals surface area (Å²) in [5, 5.41) is 7.42. The maximum atomic E-state index is 15.3. The summed E-state index contributed by atoms with van der Waals surface area (Å²) in [6.07, 6.45) is 7.79. The zero-order chi connectivity index (χ0) is 27.2. The molecule has 0 amide bonds. The zero-order valence-electron chi connectivity index (χ0n) is 22.3. The lowest BCUT2D eigenvalue weighted by Crippen LogP contribution is -2.06. The third kappa shape index (κ3) is 6.46. The topological polar surface area (TPSA) is 68.7 Å². The molecule has 202 valence electrons. The van der Waals surface area contributed by atoms with Crippen LogP contribution in [0, 0.1) is 19.7 Å². The molecule has 0 bridgehead atoms. The molecular formula is C30H34FNO4S2. The second kappa shape index (κ2) is 12.9. The molecule has 8 heteroatoms. The van der Waals surface area contributed by atoms with Crippen molar-refractivity contribution in [3.63, 3.8) is 0 Å². The second-order valence-corrected chi connectivity index (χ2v) is 11.6. The van der Waals surface area contributed by atoms with Crippen molar-refractivity contribution in [3.8, 4) is 22.8 Å². The van der Waals surface area contributed by atoms with Gasteiger partial charge in [-0.2, -0.15) is 11.8 Å². The van der Waals surface area contributed by atoms with E-state index >= 15 is 4.39 Å². The quantitative estimate of drug-likeness (QED) is 0.290. The molecule has 0 saturated carbocycles. The molecule has 1 aromatic heterocycles. The molecule has 1 aliphatic carbocycles. The standard InChI is InChI=1S/C28H30FNO2S2.C2H4O2/c1-17-14-24(31-11-5-12-33-3)28(29)18(2)27(17)22-7-4-6-21-20(22)8-9-23(21)32-26-15-25-19(16-30-26)10-13-34-25;1-2(3)4/h4,6-7,14-16,23H,5,8-13H2,1-3H3;1H3,(H,3,4). The van der Waals surface area contributed by atoms with Gasteiger partial charge in [-0.3, -0.25) is 4.79 Å². The highest BCUT2D eigenvalue weighted by atomic mass is 32.2. The van der Waals surface area contributed by atoms with Crippen molar-refractivity contribution in [2.75, 3.05) is 24.4 Å². The first-order chi connectivity index (χ1) is 18.3. The molecule has 2 aliphatic rings. The predicted molar refractivity (Wildman–Crippen MR) is 153 cm³/mol. The van der Waals surface area contributed by atoms with Crippen molar-refractivity contribution in [1.82, 2.24) is 4.98 Å².